The van der Waals surface area contributed by atoms with Gasteiger partial charge in [-0.25, -0.2) is 9.97 Å². The van der Waals surface area contributed by atoms with Crippen molar-refractivity contribution in [3.8, 4) is 11.5 Å². The number of pyridine rings is 2. The summed E-state index contributed by atoms with van der Waals surface area (Å²) in [5, 5.41) is 3.43. The maximum Gasteiger partial charge on any atom is 0.153 e. The number of fused-ring (bicyclic) bond motifs is 7. The van der Waals surface area contributed by atoms with Crippen LogP contribution < -0.4 is 14.5 Å². The fourth-order valence-corrected chi connectivity index (χ4v) is 4.94. The van der Waals surface area contributed by atoms with Gasteiger partial charge in [0.1, 0.15) is 17.1 Å². The van der Waals surface area contributed by atoms with Gasteiger partial charge in [-0.3, -0.25) is 4.40 Å². The Balaban J connectivity index is 1.29. The lowest BCUT2D eigenvalue weighted by Gasteiger charge is -2.20. The molecule has 6 aromatic rings. The third kappa shape index (κ3) is 2.82. The summed E-state index contributed by atoms with van der Waals surface area (Å²) in [6.07, 6.45) is 5.68. The molecule has 6 heteroatoms. The molecule has 0 unspecified atom stereocenters. The normalized spacial score (nSPS) is 13.2. The van der Waals surface area contributed by atoms with Crippen LogP contribution in [0.1, 0.15) is 0 Å². The Morgan fingerprint density at radius 1 is 0.765 bits per heavy atom. The van der Waals surface area contributed by atoms with E-state index in [0.717, 1.165) is 51.9 Å². The summed E-state index contributed by atoms with van der Waals surface area (Å²) in [6.45, 7) is 0.747. The number of benzene rings is 3. The molecule has 7 rings (SSSR count). The molecular formula is C28H21N5O. The van der Waals surface area contributed by atoms with Crippen LogP contribution in [0.4, 0.5) is 17.2 Å². The number of anilines is 3. The number of rotatable bonds is 3. The van der Waals surface area contributed by atoms with Crippen LogP contribution in [0.5, 0.6) is 11.5 Å². The van der Waals surface area contributed by atoms with Crippen molar-refractivity contribution >= 4 is 44.5 Å². The van der Waals surface area contributed by atoms with Gasteiger partial charge in [0.25, 0.3) is 0 Å². The summed E-state index contributed by atoms with van der Waals surface area (Å²) in [6, 6.07) is 26.9. The summed E-state index contributed by atoms with van der Waals surface area (Å²) in [4.78, 5) is 13.5. The minimum Gasteiger partial charge on any atom is -0.457 e. The van der Waals surface area contributed by atoms with E-state index in [1.165, 1.54) is 10.8 Å². The Bertz CT molecular complexity index is 1710. The molecule has 0 aliphatic carbocycles. The van der Waals surface area contributed by atoms with Crippen molar-refractivity contribution in [1.82, 2.24) is 14.4 Å². The Morgan fingerprint density at radius 3 is 2.65 bits per heavy atom. The van der Waals surface area contributed by atoms with Crippen LogP contribution in [-0.2, 0) is 0 Å². The number of hydrogen-bond acceptors (Lipinski definition) is 5. The van der Waals surface area contributed by atoms with Crippen LogP contribution >= 0.6 is 0 Å². The van der Waals surface area contributed by atoms with Crippen molar-refractivity contribution in [3.63, 3.8) is 0 Å². The maximum absolute atomic E-state index is 6.35. The molecule has 0 saturated heterocycles. The Hall–Kier alpha value is -4.58. The lowest BCUT2D eigenvalue weighted by molar-refractivity contribution is 0.483. The van der Waals surface area contributed by atoms with Crippen molar-refractivity contribution < 1.29 is 4.74 Å². The number of ether oxygens (including phenoxy) is 1. The predicted octanol–water partition coefficient (Wildman–Crippen LogP) is 6.37. The third-order valence-electron chi connectivity index (χ3n) is 6.46. The lowest BCUT2D eigenvalue weighted by atomic mass is 10.1. The van der Waals surface area contributed by atoms with Crippen LogP contribution in [-0.4, -0.2) is 28.1 Å². The SMILES string of the molecule is CN1CN(c2cccc(Oc3ccc4c5ccccc5n5ccnc5c4c3)c2)c2cccnc21. The molecule has 0 radical (unpaired) electrons. The van der Waals surface area contributed by atoms with Gasteiger partial charge in [0.05, 0.1) is 17.9 Å². The zero-order valence-electron chi connectivity index (χ0n) is 18.6. The van der Waals surface area contributed by atoms with E-state index in [2.05, 4.69) is 85.8 Å². The number of hydrogen-bond donors (Lipinski definition) is 0. The van der Waals surface area contributed by atoms with Crippen LogP contribution in [0.15, 0.2) is 97.5 Å². The molecule has 0 bridgehead atoms. The highest BCUT2D eigenvalue weighted by molar-refractivity contribution is 6.12. The highest BCUT2D eigenvalue weighted by atomic mass is 16.5. The molecule has 3 aromatic carbocycles. The average molecular weight is 444 g/mol. The van der Waals surface area contributed by atoms with Crippen LogP contribution in [0.25, 0.3) is 27.3 Å². The second-order valence-electron chi connectivity index (χ2n) is 8.56. The highest BCUT2D eigenvalue weighted by Crippen LogP contribution is 2.39. The minimum absolute atomic E-state index is 0.747. The first-order valence-electron chi connectivity index (χ1n) is 11.3. The number of para-hydroxylation sites is 1. The molecule has 0 spiro atoms. The van der Waals surface area contributed by atoms with Gasteiger partial charge in [-0.2, -0.15) is 0 Å². The zero-order valence-corrected chi connectivity index (χ0v) is 18.6. The van der Waals surface area contributed by atoms with Gasteiger partial charge in [-0.05, 0) is 53.9 Å². The molecule has 4 heterocycles. The zero-order chi connectivity index (χ0) is 22.6. The minimum atomic E-state index is 0.747. The van der Waals surface area contributed by atoms with Gasteiger partial charge in [0, 0.05) is 48.2 Å². The molecule has 164 valence electrons. The molecule has 6 nitrogen and oxygen atoms in total. The molecule has 0 atom stereocenters. The van der Waals surface area contributed by atoms with E-state index in [9.17, 15) is 0 Å². The smallest absolute Gasteiger partial charge is 0.153 e. The van der Waals surface area contributed by atoms with Crippen LogP contribution in [0.3, 0.4) is 0 Å². The van der Waals surface area contributed by atoms with Crippen LogP contribution in [0.2, 0.25) is 0 Å². The van der Waals surface area contributed by atoms with E-state index in [1.54, 1.807) is 0 Å². The Morgan fingerprint density at radius 2 is 1.68 bits per heavy atom. The molecule has 34 heavy (non-hydrogen) atoms. The van der Waals surface area contributed by atoms with Crippen LogP contribution in [0, 0.1) is 0 Å². The van der Waals surface area contributed by atoms with Gasteiger partial charge in [-0.1, -0.05) is 24.3 Å². The second-order valence-corrected chi connectivity index (χ2v) is 8.56. The lowest BCUT2D eigenvalue weighted by Crippen LogP contribution is -2.24. The van der Waals surface area contributed by atoms with Gasteiger partial charge < -0.3 is 14.5 Å². The second kappa shape index (κ2) is 7.22. The fourth-order valence-electron chi connectivity index (χ4n) is 4.94. The van der Waals surface area contributed by atoms with Crippen molar-refractivity contribution in [3.05, 3.63) is 97.5 Å². The number of nitrogens with zero attached hydrogens (tertiary/aromatic N) is 5. The summed E-state index contributed by atoms with van der Waals surface area (Å²) in [5.74, 6) is 2.56. The summed E-state index contributed by atoms with van der Waals surface area (Å²) < 4.78 is 8.48. The molecule has 1 aliphatic heterocycles. The molecule has 0 N–H and O–H groups in total. The largest absolute Gasteiger partial charge is 0.457 e. The van der Waals surface area contributed by atoms with E-state index in [1.807, 2.05) is 42.9 Å². The fraction of sp³-hybridized carbons (Fsp3) is 0.0714. The molecule has 0 amide bonds. The van der Waals surface area contributed by atoms with E-state index in [-0.39, 0.29) is 0 Å². The van der Waals surface area contributed by atoms with Gasteiger partial charge >= 0.3 is 0 Å². The summed E-state index contributed by atoms with van der Waals surface area (Å²) >= 11 is 0. The third-order valence-corrected chi connectivity index (χ3v) is 6.46. The first-order valence-corrected chi connectivity index (χ1v) is 11.3. The van der Waals surface area contributed by atoms with E-state index in [4.69, 9.17) is 4.74 Å². The molecule has 1 aliphatic rings. The highest BCUT2D eigenvalue weighted by Gasteiger charge is 2.25. The quantitative estimate of drug-likeness (QED) is 0.297. The topological polar surface area (TPSA) is 45.9 Å². The number of imidazole rings is 1. The number of aromatic nitrogens is 3. The van der Waals surface area contributed by atoms with Crippen molar-refractivity contribution in [2.75, 3.05) is 23.5 Å². The molecule has 3 aromatic heterocycles. The van der Waals surface area contributed by atoms with E-state index in [0.29, 0.717) is 0 Å². The van der Waals surface area contributed by atoms with Crippen molar-refractivity contribution in [1.29, 1.82) is 0 Å². The molecule has 0 saturated carbocycles. The first kappa shape index (κ1) is 18.9. The standard InChI is InChI=1S/C28H21N5O/c1-31-18-33(26-10-5-13-29-28(26)31)19-6-4-7-20(16-19)34-21-11-12-22-23-8-2-3-9-25(23)32-15-14-30-27(32)24(22)17-21/h2-17H,18H2,1H3. The summed E-state index contributed by atoms with van der Waals surface area (Å²) in [7, 11) is 2.06. The van der Waals surface area contributed by atoms with Gasteiger partial charge in [0.2, 0.25) is 0 Å². The first-order chi connectivity index (χ1) is 16.8. The Kier molecular flexibility index (Phi) is 4.02. The Labute approximate surface area is 196 Å². The van der Waals surface area contributed by atoms with E-state index >= 15 is 0 Å². The maximum atomic E-state index is 6.35. The van der Waals surface area contributed by atoms with Crippen molar-refractivity contribution in [2.24, 2.45) is 0 Å². The monoisotopic (exact) mass is 443 g/mol. The predicted molar refractivity (Wildman–Crippen MR) is 136 cm³/mol. The van der Waals surface area contributed by atoms with E-state index < -0.39 is 0 Å². The molecular weight excluding hydrogens is 422 g/mol. The van der Waals surface area contributed by atoms with Crippen molar-refractivity contribution in [2.45, 2.75) is 0 Å². The summed E-state index contributed by atoms with van der Waals surface area (Å²) in [5.41, 5.74) is 4.24. The van der Waals surface area contributed by atoms with Gasteiger partial charge in [0.15, 0.2) is 5.82 Å². The molecule has 0 fully saturated rings. The average Bonchev–Trinajstić information content (AvgIpc) is 3.50. The van der Waals surface area contributed by atoms with Gasteiger partial charge in [-0.15, -0.1) is 0 Å².